The van der Waals surface area contributed by atoms with Crippen molar-refractivity contribution >= 4 is 11.4 Å². The van der Waals surface area contributed by atoms with Crippen LogP contribution in [0.3, 0.4) is 0 Å². The van der Waals surface area contributed by atoms with Crippen LogP contribution < -0.4 is 11.1 Å². The second-order valence-corrected chi connectivity index (χ2v) is 3.88. The summed E-state index contributed by atoms with van der Waals surface area (Å²) in [5.41, 5.74) is 8.73. The summed E-state index contributed by atoms with van der Waals surface area (Å²) in [5.74, 6) is 1.01. The van der Waals surface area contributed by atoms with Crippen molar-refractivity contribution in [2.24, 2.45) is 7.05 Å². The molecule has 4 heteroatoms. The molecule has 0 unspecified atom stereocenters. The molecule has 0 aliphatic rings. The van der Waals surface area contributed by atoms with Gasteiger partial charge in [0, 0.05) is 30.8 Å². The number of rotatable bonds is 3. The van der Waals surface area contributed by atoms with Crippen LogP contribution in [0.25, 0.3) is 0 Å². The molecule has 0 radical (unpaired) electrons. The molecule has 1 heterocycles. The second-order valence-electron chi connectivity index (χ2n) is 3.88. The monoisotopic (exact) mass is 216 g/mol. The number of nitrogens with two attached hydrogens (primary N) is 1. The van der Waals surface area contributed by atoms with Crippen molar-refractivity contribution in [2.75, 3.05) is 11.1 Å². The fourth-order valence-corrected chi connectivity index (χ4v) is 1.53. The highest BCUT2D eigenvalue weighted by molar-refractivity contribution is 5.56. The highest BCUT2D eigenvalue weighted by atomic mass is 15.1. The van der Waals surface area contributed by atoms with Gasteiger partial charge in [0.15, 0.2) is 0 Å². The quantitative estimate of drug-likeness (QED) is 0.771. The molecule has 0 aliphatic carbocycles. The Morgan fingerprint density at radius 1 is 1.44 bits per heavy atom. The largest absolute Gasteiger partial charge is 0.399 e. The Hall–Kier alpha value is -1.97. The van der Waals surface area contributed by atoms with E-state index >= 15 is 0 Å². The first kappa shape index (κ1) is 10.5. The lowest BCUT2D eigenvalue weighted by Crippen LogP contribution is -2.05. The SMILES string of the molecule is Cc1cc(NCc2nccn2C)ccc1N. The zero-order chi connectivity index (χ0) is 11.5. The molecule has 0 bridgehead atoms. The van der Waals surface area contributed by atoms with E-state index < -0.39 is 0 Å². The molecule has 0 spiro atoms. The van der Waals surface area contributed by atoms with Crippen molar-refractivity contribution in [3.63, 3.8) is 0 Å². The summed E-state index contributed by atoms with van der Waals surface area (Å²) >= 11 is 0. The third kappa shape index (κ3) is 2.16. The average Bonchev–Trinajstić information content (AvgIpc) is 2.66. The van der Waals surface area contributed by atoms with Gasteiger partial charge in [0.05, 0.1) is 6.54 Å². The average molecular weight is 216 g/mol. The van der Waals surface area contributed by atoms with Gasteiger partial charge in [-0.1, -0.05) is 0 Å². The van der Waals surface area contributed by atoms with Crippen molar-refractivity contribution in [3.05, 3.63) is 42.0 Å². The van der Waals surface area contributed by atoms with E-state index in [4.69, 9.17) is 5.73 Å². The van der Waals surface area contributed by atoms with E-state index in [1.165, 1.54) is 0 Å². The van der Waals surface area contributed by atoms with Crippen LogP contribution in [0, 0.1) is 6.92 Å². The van der Waals surface area contributed by atoms with Gasteiger partial charge < -0.3 is 15.6 Å². The minimum absolute atomic E-state index is 0.715. The van der Waals surface area contributed by atoms with Crippen LogP contribution in [0.1, 0.15) is 11.4 Å². The van der Waals surface area contributed by atoms with Crippen LogP contribution in [-0.2, 0) is 13.6 Å². The molecule has 3 N–H and O–H groups in total. The van der Waals surface area contributed by atoms with Gasteiger partial charge in [-0.25, -0.2) is 4.98 Å². The summed E-state index contributed by atoms with van der Waals surface area (Å²) in [7, 11) is 1.98. The van der Waals surface area contributed by atoms with Crippen molar-refractivity contribution < 1.29 is 0 Å². The van der Waals surface area contributed by atoms with Crippen molar-refractivity contribution in [1.29, 1.82) is 0 Å². The molecule has 2 aromatic rings. The molecule has 0 aliphatic heterocycles. The van der Waals surface area contributed by atoms with Gasteiger partial charge in [-0.05, 0) is 30.7 Å². The summed E-state index contributed by atoms with van der Waals surface area (Å²) in [6, 6.07) is 5.93. The number of nitrogens with one attached hydrogen (secondary N) is 1. The van der Waals surface area contributed by atoms with Crippen LogP contribution in [-0.4, -0.2) is 9.55 Å². The maximum atomic E-state index is 5.76. The summed E-state index contributed by atoms with van der Waals surface area (Å²) in [4.78, 5) is 4.25. The van der Waals surface area contributed by atoms with Crippen molar-refractivity contribution in [2.45, 2.75) is 13.5 Å². The Balaban J connectivity index is 2.05. The number of nitrogen functional groups attached to an aromatic ring is 1. The maximum Gasteiger partial charge on any atom is 0.127 e. The molecule has 0 amide bonds. The van der Waals surface area contributed by atoms with E-state index in [1.54, 1.807) is 6.20 Å². The summed E-state index contributed by atoms with van der Waals surface area (Å²) < 4.78 is 2.00. The first-order chi connectivity index (χ1) is 7.66. The topological polar surface area (TPSA) is 55.9 Å². The molecule has 0 atom stereocenters. The first-order valence-corrected chi connectivity index (χ1v) is 5.23. The summed E-state index contributed by atoms with van der Waals surface area (Å²) in [5, 5.41) is 3.32. The van der Waals surface area contributed by atoms with Gasteiger partial charge in [-0.3, -0.25) is 0 Å². The van der Waals surface area contributed by atoms with Crippen LogP contribution in [0.2, 0.25) is 0 Å². The Morgan fingerprint density at radius 2 is 2.25 bits per heavy atom. The van der Waals surface area contributed by atoms with Crippen LogP contribution in [0.15, 0.2) is 30.6 Å². The molecular weight excluding hydrogens is 200 g/mol. The Kier molecular flexibility index (Phi) is 2.81. The van der Waals surface area contributed by atoms with Gasteiger partial charge in [0.2, 0.25) is 0 Å². The molecular formula is C12H16N4. The lowest BCUT2D eigenvalue weighted by Gasteiger charge is -2.08. The third-order valence-corrected chi connectivity index (χ3v) is 2.64. The van der Waals surface area contributed by atoms with E-state index in [-0.39, 0.29) is 0 Å². The molecule has 0 fully saturated rings. The number of hydrogen-bond acceptors (Lipinski definition) is 3. The fraction of sp³-hybridized carbons (Fsp3) is 0.250. The van der Waals surface area contributed by atoms with Crippen LogP contribution >= 0.6 is 0 Å². The smallest absolute Gasteiger partial charge is 0.127 e. The second kappa shape index (κ2) is 4.26. The molecule has 1 aromatic heterocycles. The van der Waals surface area contributed by atoms with E-state index in [2.05, 4.69) is 10.3 Å². The molecule has 84 valence electrons. The van der Waals surface area contributed by atoms with Crippen molar-refractivity contribution in [3.8, 4) is 0 Å². The summed E-state index contributed by atoms with van der Waals surface area (Å²) in [6.45, 7) is 2.72. The van der Waals surface area contributed by atoms with Gasteiger partial charge in [-0.15, -0.1) is 0 Å². The predicted molar refractivity (Wildman–Crippen MR) is 66.1 cm³/mol. The minimum Gasteiger partial charge on any atom is -0.399 e. The standard InChI is InChI=1S/C12H16N4/c1-9-7-10(3-4-11(9)13)15-8-12-14-5-6-16(12)2/h3-7,15H,8,13H2,1-2H3. The highest BCUT2D eigenvalue weighted by Crippen LogP contribution is 2.16. The number of nitrogens with zero attached hydrogens (tertiary/aromatic N) is 2. The van der Waals surface area contributed by atoms with Gasteiger partial charge in [0.1, 0.15) is 5.82 Å². The number of aryl methyl sites for hydroxylation is 2. The maximum absolute atomic E-state index is 5.76. The highest BCUT2D eigenvalue weighted by Gasteiger charge is 2.00. The van der Waals surface area contributed by atoms with Gasteiger partial charge in [0.25, 0.3) is 0 Å². The van der Waals surface area contributed by atoms with E-state index in [0.29, 0.717) is 6.54 Å². The predicted octanol–water partition coefficient (Wildman–Crippen LogP) is 1.92. The summed E-state index contributed by atoms with van der Waals surface area (Å²) in [6.07, 6.45) is 3.73. The fourth-order valence-electron chi connectivity index (χ4n) is 1.53. The normalized spacial score (nSPS) is 10.4. The van der Waals surface area contributed by atoms with E-state index in [9.17, 15) is 0 Å². The Morgan fingerprint density at radius 3 is 2.88 bits per heavy atom. The zero-order valence-corrected chi connectivity index (χ0v) is 9.57. The number of benzene rings is 1. The van der Waals surface area contributed by atoms with E-state index in [0.717, 1.165) is 22.8 Å². The van der Waals surface area contributed by atoms with Crippen LogP contribution in [0.4, 0.5) is 11.4 Å². The molecule has 1 aromatic carbocycles. The Labute approximate surface area is 95.1 Å². The van der Waals surface area contributed by atoms with Crippen molar-refractivity contribution in [1.82, 2.24) is 9.55 Å². The lowest BCUT2D eigenvalue weighted by molar-refractivity contribution is 0.813. The lowest BCUT2D eigenvalue weighted by atomic mass is 10.2. The molecule has 0 saturated carbocycles. The molecule has 4 nitrogen and oxygen atoms in total. The number of aromatic nitrogens is 2. The first-order valence-electron chi connectivity index (χ1n) is 5.23. The minimum atomic E-state index is 0.715. The van der Waals surface area contributed by atoms with Crippen LogP contribution in [0.5, 0.6) is 0 Å². The van der Waals surface area contributed by atoms with Gasteiger partial charge >= 0.3 is 0 Å². The molecule has 0 saturated heterocycles. The third-order valence-electron chi connectivity index (χ3n) is 2.64. The zero-order valence-electron chi connectivity index (χ0n) is 9.57. The van der Waals surface area contributed by atoms with E-state index in [1.807, 2.05) is 42.9 Å². The number of imidazole rings is 1. The Bertz CT molecular complexity index is 488. The van der Waals surface area contributed by atoms with Gasteiger partial charge in [-0.2, -0.15) is 0 Å². The molecule has 2 rings (SSSR count). The number of anilines is 2. The molecule has 16 heavy (non-hydrogen) atoms. The number of hydrogen-bond donors (Lipinski definition) is 2.